The summed E-state index contributed by atoms with van der Waals surface area (Å²) in [5, 5.41) is 3.48. The molecule has 0 spiro atoms. The molecule has 5 heteroatoms. The van der Waals surface area contributed by atoms with Gasteiger partial charge in [0.25, 0.3) is 0 Å². The molecule has 0 amide bonds. The third-order valence-electron chi connectivity index (χ3n) is 4.29. The van der Waals surface area contributed by atoms with Gasteiger partial charge in [0.1, 0.15) is 23.2 Å². The maximum atomic E-state index is 12.7. The second-order valence-electron chi connectivity index (χ2n) is 5.90. The molecule has 0 aliphatic heterocycles. The first-order chi connectivity index (χ1) is 12.8. The Morgan fingerprint density at radius 3 is 1.44 bits per heavy atom. The molecule has 0 N–H and O–H groups in total. The zero-order chi connectivity index (χ0) is 18.2. The summed E-state index contributed by atoms with van der Waals surface area (Å²) in [6.45, 7) is -0.0306. The topological polar surface area (TPSA) is 35.5 Å². The highest BCUT2D eigenvalue weighted by atomic mass is 35.5. The predicted molar refractivity (Wildman–Crippen MR) is 115 cm³/mol. The Kier molecular flexibility index (Phi) is 7.99. The highest BCUT2D eigenvalue weighted by molar-refractivity contribution is 7.96. The van der Waals surface area contributed by atoms with Crippen LogP contribution in [0.4, 0.5) is 0 Å². The van der Waals surface area contributed by atoms with Crippen LogP contribution in [0.15, 0.2) is 91.0 Å². The van der Waals surface area contributed by atoms with Gasteiger partial charge in [0.15, 0.2) is 13.0 Å². The minimum atomic E-state index is -2.18. The zero-order valence-electron chi connectivity index (χ0n) is 15.2. The third kappa shape index (κ3) is 4.75. The molecule has 0 radical (unpaired) electrons. The van der Waals surface area contributed by atoms with Crippen molar-refractivity contribution in [2.75, 3.05) is 20.1 Å². The lowest BCUT2D eigenvalue weighted by molar-refractivity contribution is -0.150. The zero-order valence-corrected chi connectivity index (χ0v) is 16.9. The summed E-state index contributed by atoms with van der Waals surface area (Å²) in [5.41, 5.74) is 0. The number of rotatable bonds is 7. The number of carbonyl (C=O) groups excluding carboxylic acids is 1. The van der Waals surface area contributed by atoms with Crippen molar-refractivity contribution in [3.8, 4) is 0 Å². The van der Waals surface area contributed by atoms with Gasteiger partial charge in [0, 0.05) is 7.11 Å². The molecule has 140 valence electrons. The van der Waals surface area contributed by atoms with Crippen LogP contribution in [-0.2, 0) is 14.3 Å². The van der Waals surface area contributed by atoms with E-state index in [0.29, 0.717) is 6.16 Å². The Morgan fingerprint density at radius 2 is 1.11 bits per heavy atom. The van der Waals surface area contributed by atoms with E-state index in [2.05, 4.69) is 36.4 Å². The van der Waals surface area contributed by atoms with E-state index in [1.165, 1.54) is 7.11 Å². The van der Waals surface area contributed by atoms with E-state index in [1.54, 1.807) is 0 Å². The predicted octanol–water partition coefficient (Wildman–Crippen LogP) is 3.55. The van der Waals surface area contributed by atoms with Crippen LogP contribution in [0.3, 0.4) is 0 Å². The largest absolute Gasteiger partial charge is 0.436 e. The van der Waals surface area contributed by atoms with Gasteiger partial charge in [-0.3, -0.25) is 0 Å². The standard InChI is InChI=1S/C22H22O3P.ClH/c1-24-18-25-22(23)17-26(19-11-5-2-6-12-19,20-13-7-3-8-14-20)21-15-9-4-10-16-21;/h2-16H,17-18H2,1H3;1H/q+1;. The Hall–Kier alpha value is -2.19. The molecular weight excluding hydrogens is 379 g/mol. The van der Waals surface area contributed by atoms with Crippen LogP contribution in [0.25, 0.3) is 0 Å². The van der Waals surface area contributed by atoms with Crippen LogP contribution < -0.4 is 15.9 Å². The van der Waals surface area contributed by atoms with Crippen LogP contribution in [0.1, 0.15) is 0 Å². The van der Waals surface area contributed by atoms with Gasteiger partial charge in [-0.25, -0.2) is 4.79 Å². The van der Waals surface area contributed by atoms with Gasteiger partial charge in [-0.15, -0.1) is 12.4 Å². The van der Waals surface area contributed by atoms with Gasteiger partial charge in [-0.05, 0) is 36.4 Å². The van der Waals surface area contributed by atoms with E-state index in [9.17, 15) is 4.79 Å². The number of benzene rings is 3. The van der Waals surface area contributed by atoms with Gasteiger partial charge in [-0.1, -0.05) is 54.6 Å². The van der Waals surface area contributed by atoms with E-state index in [1.807, 2.05) is 54.6 Å². The van der Waals surface area contributed by atoms with Crippen LogP contribution in [0.2, 0.25) is 0 Å². The molecule has 3 aromatic rings. The summed E-state index contributed by atoms with van der Waals surface area (Å²) in [6, 6.07) is 30.8. The molecule has 0 saturated carbocycles. The van der Waals surface area contributed by atoms with E-state index >= 15 is 0 Å². The molecule has 0 aromatic heterocycles. The molecule has 0 aliphatic carbocycles. The lowest BCUT2D eigenvalue weighted by Crippen LogP contribution is -2.36. The molecule has 3 nitrogen and oxygen atoms in total. The lowest BCUT2D eigenvalue weighted by Gasteiger charge is -2.26. The first-order valence-corrected chi connectivity index (χ1v) is 10.4. The molecule has 3 aromatic carbocycles. The minimum absolute atomic E-state index is 0. The van der Waals surface area contributed by atoms with Crippen LogP contribution in [-0.4, -0.2) is 26.0 Å². The number of carbonyl (C=O) groups is 1. The first-order valence-electron chi connectivity index (χ1n) is 8.47. The number of ether oxygens (including phenoxy) is 2. The molecular formula is C22H23ClO3P+. The fraction of sp³-hybridized carbons (Fsp3) is 0.136. The molecule has 0 atom stereocenters. The molecule has 0 bridgehead atoms. The van der Waals surface area contributed by atoms with E-state index in [0.717, 1.165) is 15.9 Å². The highest BCUT2D eigenvalue weighted by Gasteiger charge is 2.47. The monoisotopic (exact) mass is 401 g/mol. The molecule has 0 fully saturated rings. The Balaban J connectivity index is 0.00000261. The lowest BCUT2D eigenvalue weighted by atomic mass is 10.4. The van der Waals surface area contributed by atoms with Gasteiger partial charge < -0.3 is 9.47 Å². The van der Waals surface area contributed by atoms with Crippen LogP contribution >= 0.6 is 19.7 Å². The van der Waals surface area contributed by atoms with Gasteiger partial charge >= 0.3 is 5.97 Å². The Morgan fingerprint density at radius 1 is 0.741 bits per heavy atom. The number of methoxy groups -OCH3 is 1. The van der Waals surface area contributed by atoms with Crippen molar-refractivity contribution in [2.24, 2.45) is 0 Å². The van der Waals surface area contributed by atoms with Crippen molar-refractivity contribution in [3.63, 3.8) is 0 Å². The summed E-state index contributed by atoms with van der Waals surface area (Å²) in [4.78, 5) is 12.7. The summed E-state index contributed by atoms with van der Waals surface area (Å²) in [5.74, 6) is -0.253. The van der Waals surface area contributed by atoms with Crippen molar-refractivity contribution in [2.45, 2.75) is 0 Å². The smallest absolute Gasteiger partial charge is 0.347 e. The average molecular weight is 402 g/mol. The minimum Gasteiger partial charge on any atom is -0.436 e. The summed E-state index contributed by atoms with van der Waals surface area (Å²) in [7, 11) is -0.665. The molecule has 0 unspecified atom stereocenters. The Bertz CT molecular complexity index is 729. The number of hydrogen-bond donors (Lipinski definition) is 0. The van der Waals surface area contributed by atoms with Crippen molar-refractivity contribution in [1.29, 1.82) is 0 Å². The van der Waals surface area contributed by atoms with Crippen molar-refractivity contribution >= 4 is 41.6 Å². The third-order valence-corrected chi connectivity index (χ3v) is 8.57. The van der Waals surface area contributed by atoms with Gasteiger partial charge in [0.05, 0.1) is 0 Å². The fourth-order valence-electron chi connectivity index (χ4n) is 3.13. The number of halogens is 1. The highest BCUT2D eigenvalue weighted by Crippen LogP contribution is 2.55. The first kappa shape index (κ1) is 21.1. The number of esters is 1. The van der Waals surface area contributed by atoms with E-state index in [-0.39, 0.29) is 25.2 Å². The maximum absolute atomic E-state index is 12.7. The quantitative estimate of drug-likeness (QED) is 0.345. The average Bonchev–Trinajstić information content (AvgIpc) is 2.72. The van der Waals surface area contributed by atoms with Crippen molar-refractivity contribution in [1.82, 2.24) is 0 Å². The molecule has 3 rings (SSSR count). The summed E-state index contributed by atoms with van der Waals surface area (Å²) < 4.78 is 10.2. The summed E-state index contributed by atoms with van der Waals surface area (Å²) in [6.07, 6.45) is 0.300. The fourth-order valence-corrected chi connectivity index (χ4v) is 7.10. The second kappa shape index (κ2) is 10.2. The van der Waals surface area contributed by atoms with Gasteiger partial charge in [-0.2, -0.15) is 0 Å². The van der Waals surface area contributed by atoms with Crippen LogP contribution in [0, 0.1) is 0 Å². The summed E-state index contributed by atoms with van der Waals surface area (Å²) >= 11 is 0. The molecule has 27 heavy (non-hydrogen) atoms. The SMILES string of the molecule is COCOC(=O)C[P+](c1ccccc1)(c1ccccc1)c1ccccc1.Cl. The maximum Gasteiger partial charge on any atom is 0.347 e. The normalized spacial score (nSPS) is 10.7. The second-order valence-corrected chi connectivity index (χ2v) is 9.38. The van der Waals surface area contributed by atoms with Gasteiger partial charge in [0.2, 0.25) is 0 Å². The van der Waals surface area contributed by atoms with Crippen LogP contribution in [0.5, 0.6) is 0 Å². The van der Waals surface area contributed by atoms with Crippen molar-refractivity contribution in [3.05, 3.63) is 91.0 Å². The van der Waals surface area contributed by atoms with E-state index < -0.39 is 7.26 Å². The molecule has 0 aliphatic rings. The molecule has 0 saturated heterocycles. The van der Waals surface area contributed by atoms with Crippen molar-refractivity contribution < 1.29 is 14.3 Å². The van der Waals surface area contributed by atoms with E-state index in [4.69, 9.17) is 9.47 Å². The Labute approximate surface area is 167 Å². The molecule has 0 heterocycles. The number of hydrogen-bond acceptors (Lipinski definition) is 3.